The maximum Gasteiger partial charge on any atom is 1.00 e. The van der Waals surface area contributed by atoms with Crippen LogP contribution in [0.2, 0.25) is 0 Å². The van der Waals surface area contributed by atoms with Crippen molar-refractivity contribution in [3.05, 3.63) is 0 Å². The van der Waals surface area contributed by atoms with Gasteiger partial charge in [0.1, 0.15) is 10.1 Å². The minimum atomic E-state index is -4.82. The second kappa shape index (κ2) is 12.8. The third kappa shape index (κ3) is 9.50. The molecule has 5 nitrogen and oxygen atoms in total. The van der Waals surface area contributed by atoms with E-state index in [-0.39, 0.29) is 36.0 Å². The van der Waals surface area contributed by atoms with Crippen LogP contribution in [0.5, 0.6) is 0 Å². The maximum atomic E-state index is 11.0. The molecule has 0 amide bonds. The summed E-state index contributed by atoms with van der Waals surface area (Å²) in [5.41, 5.74) is 0. The quantitative estimate of drug-likeness (QED) is 0.301. The molecule has 0 aromatic heterocycles. The standard InChI is InChI=1S/C15H30O5S.Na/c1-3-4-5-6-7-8-9-10-11-12-13-15(2,14(16)17)21(18,19)20;/h3-13H2,1-2H3,(H,16,17)(H,18,19,20);/q;+1/p-1. The number of carboxylic acid groups (broad SMARTS) is 1. The molecule has 1 atom stereocenters. The normalized spacial score (nSPS) is 14.1. The molecule has 0 aliphatic carbocycles. The number of hydrogen-bond donors (Lipinski definition) is 1. The number of rotatable bonds is 13. The molecule has 0 saturated heterocycles. The van der Waals surface area contributed by atoms with E-state index in [0.717, 1.165) is 26.2 Å². The summed E-state index contributed by atoms with van der Waals surface area (Å²) < 4.78 is 31.0. The monoisotopic (exact) mass is 344 g/mol. The van der Waals surface area contributed by atoms with Crippen LogP contribution in [0.15, 0.2) is 0 Å². The van der Waals surface area contributed by atoms with Crippen molar-refractivity contribution in [3.8, 4) is 0 Å². The Balaban J connectivity index is 0. The molecule has 0 fully saturated rings. The molecule has 0 bridgehead atoms. The van der Waals surface area contributed by atoms with E-state index in [1.54, 1.807) is 0 Å². The molecule has 1 N–H and O–H groups in total. The van der Waals surface area contributed by atoms with E-state index in [0.29, 0.717) is 6.42 Å². The van der Waals surface area contributed by atoms with E-state index in [1.165, 1.54) is 38.5 Å². The summed E-state index contributed by atoms with van der Waals surface area (Å²) in [4.78, 5) is 11.0. The first-order valence-electron chi connectivity index (χ1n) is 7.94. The molecule has 0 rings (SSSR count). The maximum absolute atomic E-state index is 11.0. The molecule has 0 aromatic carbocycles. The average Bonchev–Trinajstić information content (AvgIpc) is 2.39. The Kier molecular flexibility index (Phi) is 14.3. The van der Waals surface area contributed by atoms with Gasteiger partial charge < -0.3 is 9.66 Å². The molecule has 126 valence electrons. The smallest absolute Gasteiger partial charge is 0.747 e. The third-order valence-corrected chi connectivity index (χ3v) is 5.49. The van der Waals surface area contributed by atoms with Crippen LogP contribution in [0.25, 0.3) is 0 Å². The average molecular weight is 344 g/mol. The van der Waals surface area contributed by atoms with Gasteiger partial charge in [-0.1, -0.05) is 71.1 Å². The first kappa shape index (κ1) is 24.6. The molecule has 0 heterocycles. The van der Waals surface area contributed by atoms with Crippen molar-refractivity contribution in [1.82, 2.24) is 0 Å². The zero-order valence-corrected chi connectivity index (χ0v) is 17.1. The fraction of sp³-hybridized carbons (Fsp3) is 0.933. The number of aliphatic carboxylic acids is 1. The van der Waals surface area contributed by atoms with Gasteiger partial charge >= 0.3 is 35.5 Å². The predicted octanol–water partition coefficient (Wildman–Crippen LogP) is 0.690. The Morgan fingerprint density at radius 1 is 0.955 bits per heavy atom. The van der Waals surface area contributed by atoms with E-state index >= 15 is 0 Å². The van der Waals surface area contributed by atoms with Crippen LogP contribution in [-0.4, -0.2) is 28.8 Å². The van der Waals surface area contributed by atoms with Crippen molar-refractivity contribution in [2.45, 2.75) is 89.2 Å². The Morgan fingerprint density at radius 2 is 1.32 bits per heavy atom. The zero-order valence-electron chi connectivity index (χ0n) is 14.3. The van der Waals surface area contributed by atoms with Gasteiger partial charge in [0, 0.05) is 0 Å². The number of hydrogen-bond acceptors (Lipinski definition) is 4. The zero-order chi connectivity index (χ0) is 16.4. The fourth-order valence-electron chi connectivity index (χ4n) is 2.29. The van der Waals surface area contributed by atoms with Crippen LogP contribution in [0.3, 0.4) is 0 Å². The largest absolute Gasteiger partial charge is 1.00 e. The third-order valence-electron chi connectivity index (χ3n) is 4.01. The van der Waals surface area contributed by atoms with Crippen LogP contribution in [0.4, 0.5) is 0 Å². The molecular formula is C15H29NaO5S. The van der Waals surface area contributed by atoms with E-state index in [1.807, 2.05) is 0 Å². The van der Waals surface area contributed by atoms with Crippen LogP contribution in [0, 0.1) is 0 Å². The van der Waals surface area contributed by atoms with E-state index in [2.05, 4.69) is 6.92 Å². The molecule has 0 spiro atoms. The van der Waals surface area contributed by atoms with Gasteiger partial charge in [0.2, 0.25) is 0 Å². The van der Waals surface area contributed by atoms with Crippen molar-refractivity contribution in [2.75, 3.05) is 0 Å². The van der Waals surface area contributed by atoms with Gasteiger partial charge in [-0.25, -0.2) is 8.42 Å². The first-order valence-corrected chi connectivity index (χ1v) is 9.35. The van der Waals surface area contributed by atoms with Crippen molar-refractivity contribution >= 4 is 16.1 Å². The second-order valence-electron chi connectivity index (χ2n) is 5.92. The number of carbonyl (C=O) groups is 1. The number of carboxylic acids is 1. The second-order valence-corrected chi connectivity index (χ2v) is 7.73. The van der Waals surface area contributed by atoms with Crippen LogP contribution in [0.1, 0.15) is 84.5 Å². The van der Waals surface area contributed by atoms with Gasteiger partial charge in [-0.05, 0) is 13.3 Å². The molecule has 1 unspecified atom stereocenters. The fourth-order valence-corrected chi connectivity index (χ4v) is 2.90. The Bertz CT molecular complexity index is 397. The summed E-state index contributed by atoms with van der Waals surface area (Å²) in [7, 11) is -4.82. The molecule has 0 saturated carbocycles. The van der Waals surface area contributed by atoms with Crippen molar-refractivity contribution in [2.24, 2.45) is 0 Å². The Hall–Kier alpha value is 0.380. The first-order chi connectivity index (χ1) is 9.75. The minimum Gasteiger partial charge on any atom is -0.747 e. The summed E-state index contributed by atoms with van der Waals surface area (Å²) in [6.45, 7) is 3.19. The molecule has 7 heteroatoms. The van der Waals surface area contributed by atoms with Gasteiger partial charge in [0.15, 0.2) is 4.75 Å². The molecule has 0 aliphatic rings. The summed E-state index contributed by atoms with van der Waals surface area (Å²) in [6, 6.07) is 0. The van der Waals surface area contributed by atoms with Gasteiger partial charge in [-0.3, -0.25) is 4.79 Å². The van der Waals surface area contributed by atoms with E-state index in [4.69, 9.17) is 5.11 Å². The molecule has 0 radical (unpaired) electrons. The minimum absolute atomic E-state index is 0. The van der Waals surface area contributed by atoms with E-state index < -0.39 is 20.8 Å². The Morgan fingerprint density at radius 3 is 1.64 bits per heavy atom. The summed E-state index contributed by atoms with van der Waals surface area (Å²) in [5.74, 6) is -1.55. The molecular weight excluding hydrogens is 315 g/mol. The summed E-state index contributed by atoms with van der Waals surface area (Å²) in [5, 5.41) is 8.93. The van der Waals surface area contributed by atoms with Gasteiger partial charge in [0.25, 0.3) is 0 Å². The van der Waals surface area contributed by atoms with Crippen LogP contribution < -0.4 is 29.6 Å². The molecule has 0 aromatic rings. The van der Waals surface area contributed by atoms with Crippen molar-refractivity contribution in [1.29, 1.82) is 0 Å². The van der Waals surface area contributed by atoms with Crippen molar-refractivity contribution < 1.29 is 52.4 Å². The molecule has 0 aliphatic heterocycles. The summed E-state index contributed by atoms with van der Waals surface area (Å²) >= 11 is 0. The summed E-state index contributed by atoms with van der Waals surface area (Å²) in [6.07, 6.45) is 10.6. The van der Waals surface area contributed by atoms with Gasteiger partial charge in [0.05, 0.1) is 0 Å². The van der Waals surface area contributed by atoms with Crippen LogP contribution in [-0.2, 0) is 14.9 Å². The van der Waals surface area contributed by atoms with Crippen LogP contribution >= 0.6 is 0 Å². The SMILES string of the molecule is CCCCCCCCCCCCC(C)(C(=O)O)S(=O)(=O)[O-].[Na+]. The van der Waals surface area contributed by atoms with Gasteiger partial charge in [-0.15, -0.1) is 0 Å². The van der Waals surface area contributed by atoms with E-state index in [9.17, 15) is 17.8 Å². The molecule has 22 heavy (non-hydrogen) atoms. The topological polar surface area (TPSA) is 94.5 Å². The van der Waals surface area contributed by atoms with Gasteiger partial charge in [-0.2, -0.15) is 0 Å². The predicted molar refractivity (Wildman–Crippen MR) is 82.2 cm³/mol. The Labute approximate surface area is 157 Å². The number of unbranched alkanes of at least 4 members (excludes halogenated alkanes) is 9. The van der Waals surface area contributed by atoms with Crippen molar-refractivity contribution in [3.63, 3.8) is 0 Å².